The van der Waals surface area contributed by atoms with Crippen LogP contribution < -0.4 is 5.32 Å². The molecule has 3 atom stereocenters. The van der Waals surface area contributed by atoms with E-state index in [1.54, 1.807) is 36.0 Å². The van der Waals surface area contributed by atoms with E-state index in [-0.39, 0.29) is 22.6 Å². The lowest BCUT2D eigenvalue weighted by Crippen LogP contribution is -2.36. The summed E-state index contributed by atoms with van der Waals surface area (Å²) in [5.74, 6) is 0.0755. The molecule has 0 radical (unpaired) electrons. The molecule has 1 saturated heterocycles. The van der Waals surface area contributed by atoms with Crippen LogP contribution in [0.4, 0.5) is 0 Å². The van der Waals surface area contributed by atoms with Gasteiger partial charge in [-0.2, -0.15) is 0 Å². The minimum Gasteiger partial charge on any atom is -0.339 e. The number of benzene rings is 2. The molecule has 144 valence electrons. The van der Waals surface area contributed by atoms with Crippen LogP contribution in [0, 0.1) is 25.7 Å². The van der Waals surface area contributed by atoms with E-state index < -0.39 is 15.2 Å². The van der Waals surface area contributed by atoms with E-state index in [2.05, 4.69) is 24.4 Å². The number of amides is 1. The van der Waals surface area contributed by atoms with Crippen molar-refractivity contribution in [2.24, 2.45) is 11.8 Å². The van der Waals surface area contributed by atoms with Crippen molar-refractivity contribution >= 4 is 27.5 Å². The monoisotopic (exact) mass is 403 g/mol. The minimum atomic E-state index is -3.59. The van der Waals surface area contributed by atoms with Crippen LogP contribution in [0.15, 0.2) is 58.3 Å². The fraction of sp³-hybridized carbons (Fsp3) is 0.381. The third kappa shape index (κ3) is 4.22. The first-order chi connectivity index (χ1) is 12.8. The topological polar surface area (TPSA) is 63.2 Å². The number of carbonyl (C=O) groups is 1. The maximum Gasteiger partial charge on any atom is 0.224 e. The number of hydrogen-bond acceptors (Lipinski definition) is 4. The zero-order chi connectivity index (χ0) is 19.6. The molecule has 1 N–H and O–H groups in total. The van der Waals surface area contributed by atoms with Gasteiger partial charge in [0.15, 0.2) is 9.84 Å². The quantitative estimate of drug-likeness (QED) is 0.742. The number of carbonyl (C=O) groups excluding carboxylic acids is 1. The Balaban J connectivity index is 1.68. The van der Waals surface area contributed by atoms with Gasteiger partial charge in [0.05, 0.1) is 4.90 Å². The van der Waals surface area contributed by atoms with Crippen molar-refractivity contribution < 1.29 is 13.2 Å². The maximum absolute atomic E-state index is 13.0. The van der Waals surface area contributed by atoms with Gasteiger partial charge in [-0.05, 0) is 49.8 Å². The summed E-state index contributed by atoms with van der Waals surface area (Å²) < 4.78 is 25.9. The number of hydrogen-bond donors (Lipinski definition) is 1. The van der Waals surface area contributed by atoms with Gasteiger partial charge in [0, 0.05) is 16.7 Å². The van der Waals surface area contributed by atoms with Crippen LogP contribution in [0.1, 0.15) is 24.5 Å². The number of rotatable bonds is 6. The number of sulfone groups is 1. The number of aryl methyl sites for hydroxylation is 2. The van der Waals surface area contributed by atoms with E-state index in [4.69, 9.17) is 0 Å². The van der Waals surface area contributed by atoms with Crippen molar-refractivity contribution in [3.05, 3.63) is 59.7 Å². The highest BCUT2D eigenvalue weighted by molar-refractivity contribution is 7.99. The molecule has 6 heteroatoms. The van der Waals surface area contributed by atoms with E-state index in [1.807, 2.05) is 26.0 Å². The van der Waals surface area contributed by atoms with Gasteiger partial charge in [-0.15, -0.1) is 11.8 Å². The summed E-state index contributed by atoms with van der Waals surface area (Å²) in [6.45, 7) is 5.84. The molecule has 1 amide bonds. The Morgan fingerprint density at radius 2 is 1.70 bits per heavy atom. The fourth-order valence-electron chi connectivity index (χ4n) is 3.47. The molecular weight excluding hydrogens is 378 g/mol. The zero-order valence-electron chi connectivity index (χ0n) is 15.8. The van der Waals surface area contributed by atoms with Gasteiger partial charge < -0.3 is 5.32 Å². The van der Waals surface area contributed by atoms with E-state index in [0.717, 1.165) is 11.3 Å². The molecule has 4 nitrogen and oxygen atoms in total. The highest BCUT2D eigenvalue weighted by Crippen LogP contribution is 2.34. The molecule has 1 heterocycles. The van der Waals surface area contributed by atoms with Crippen LogP contribution in [-0.4, -0.2) is 25.5 Å². The average Bonchev–Trinajstić information content (AvgIpc) is 2.92. The smallest absolute Gasteiger partial charge is 0.224 e. The molecule has 0 saturated carbocycles. The van der Waals surface area contributed by atoms with Gasteiger partial charge in [0.1, 0.15) is 5.37 Å². The van der Waals surface area contributed by atoms with E-state index in [9.17, 15) is 13.2 Å². The van der Waals surface area contributed by atoms with Crippen LogP contribution in [0.3, 0.4) is 0 Å². The Bertz CT molecular complexity index is 923. The molecule has 1 fully saturated rings. The van der Waals surface area contributed by atoms with Gasteiger partial charge in [-0.1, -0.05) is 42.8 Å². The lowest BCUT2D eigenvalue weighted by molar-refractivity contribution is -0.122. The van der Waals surface area contributed by atoms with Gasteiger partial charge >= 0.3 is 0 Å². The van der Waals surface area contributed by atoms with Gasteiger partial charge in [-0.25, -0.2) is 8.42 Å². The molecule has 0 spiro atoms. The van der Waals surface area contributed by atoms with Crippen molar-refractivity contribution in [3.63, 3.8) is 0 Å². The molecule has 2 aromatic rings. The van der Waals surface area contributed by atoms with E-state index in [0.29, 0.717) is 6.42 Å². The lowest BCUT2D eigenvalue weighted by Gasteiger charge is -2.19. The van der Waals surface area contributed by atoms with Crippen molar-refractivity contribution in [2.75, 3.05) is 5.75 Å². The second-order valence-electron chi connectivity index (χ2n) is 7.16. The number of nitrogens with one attached hydrogen (secondary N) is 1. The standard InChI is InChI=1S/C21H25NO3S2/c1-14-8-10-17(11-9-14)27(24,25)21-16(3)18(20(23)22-21)12-13-26-19-7-5-4-6-15(19)2/h4-11,16,18,21H,12-13H2,1-3H3,(H,22,23). The van der Waals surface area contributed by atoms with E-state index >= 15 is 0 Å². The van der Waals surface area contributed by atoms with Crippen molar-refractivity contribution in [2.45, 2.75) is 42.4 Å². The van der Waals surface area contributed by atoms with Crippen LogP contribution in [-0.2, 0) is 14.6 Å². The summed E-state index contributed by atoms with van der Waals surface area (Å²) in [4.78, 5) is 13.9. The van der Waals surface area contributed by atoms with Crippen molar-refractivity contribution in [1.29, 1.82) is 0 Å². The molecule has 0 bridgehead atoms. The van der Waals surface area contributed by atoms with Gasteiger partial charge in [0.2, 0.25) is 5.91 Å². The third-order valence-electron chi connectivity index (χ3n) is 5.20. The Labute approximate surface area is 165 Å². The average molecular weight is 404 g/mol. The first kappa shape index (κ1) is 20.0. The molecule has 27 heavy (non-hydrogen) atoms. The third-order valence-corrected chi connectivity index (χ3v) is 8.55. The van der Waals surface area contributed by atoms with Gasteiger partial charge in [-0.3, -0.25) is 4.79 Å². The lowest BCUT2D eigenvalue weighted by atomic mass is 9.95. The first-order valence-electron chi connectivity index (χ1n) is 9.10. The van der Waals surface area contributed by atoms with Crippen LogP contribution in [0.25, 0.3) is 0 Å². The second kappa shape index (κ2) is 8.07. The SMILES string of the molecule is Cc1ccc(S(=O)(=O)C2NC(=O)C(CCSc3ccccc3C)C2C)cc1. The van der Waals surface area contributed by atoms with Crippen molar-refractivity contribution in [1.82, 2.24) is 5.32 Å². The molecule has 3 rings (SSSR count). The highest BCUT2D eigenvalue weighted by atomic mass is 32.2. The first-order valence-corrected chi connectivity index (χ1v) is 11.6. The van der Waals surface area contributed by atoms with Crippen LogP contribution in [0.2, 0.25) is 0 Å². The Kier molecular flexibility index (Phi) is 5.96. The van der Waals surface area contributed by atoms with Gasteiger partial charge in [0.25, 0.3) is 0 Å². The summed E-state index contributed by atoms with van der Waals surface area (Å²) in [7, 11) is -3.59. The zero-order valence-corrected chi connectivity index (χ0v) is 17.4. The largest absolute Gasteiger partial charge is 0.339 e. The van der Waals surface area contributed by atoms with Crippen LogP contribution >= 0.6 is 11.8 Å². The maximum atomic E-state index is 13.0. The summed E-state index contributed by atoms with van der Waals surface area (Å²) in [6.07, 6.45) is 0.659. The Morgan fingerprint density at radius 3 is 2.37 bits per heavy atom. The molecule has 0 aliphatic carbocycles. The number of thioether (sulfide) groups is 1. The predicted octanol–water partition coefficient (Wildman–Crippen LogP) is 3.97. The summed E-state index contributed by atoms with van der Waals surface area (Å²) in [5.41, 5.74) is 2.22. The fourth-order valence-corrected chi connectivity index (χ4v) is 6.37. The molecule has 3 unspecified atom stereocenters. The second-order valence-corrected chi connectivity index (χ2v) is 10.4. The predicted molar refractivity (Wildman–Crippen MR) is 109 cm³/mol. The molecular formula is C21H25NO3S2. The van der Waals surface area contributed by atoms with Crippen LogP contribution in [0.5, 0.6) is 0 Å². The summed E-state index contributed by atoms with van der Waals surface area (Å²) >= 11 is 1.72. The summed E-state index contributed by atoms with van der Waals surface area (Å²) in [6, 6.07) is 14.9. The highest BCUT2D eigenvalue weighted by Gasteiger charge is 2.46. The Hall–Kier alpha value is -1.79. The van der Waals surface area contributed by atoms with E-state index in [1.165, 1.54) is 10.5 Å². The molecule has 0 aromatic heterocycles. The van der Waals surface area contributed by atoms with Crippen molar-refractivity contribution in [3.8, 4) is 0 Å². The molecule has 1 aliphatic rings. The minimum absolute atomic E-state index is 0.159. The molecule has 1 aliphatic heterocycles. The normalized spacial score (nSPS) is 22.6. The molecule has 2 aromatic carbocycles. The summed E-state index contributed by atoms with van der Waals surface area (Å²) in [5, 5.41) is 1.87. The Morgan fingerprint density at radius 1 is 1.04 bits per heavy atom.